The van der Waals surface area contributed by atoms with Crippen LogP contribution in [0.3, 0.4) is 0 Å². The molecule has 0 saturated carbocycles. The molecule has 1 atom stereocenters. The van der Waals surface area contributed by atoms with Crippen LogP contribution in [0.15, 0.2) is 30.5 Å². The first kappa shape index (κ1) is 17.8. The van der Waals surface area contributed by atoms with E-state index in [1.54, 1.807) is 4.90 Å². The summed E-state index contributed by atoms with van der Waals surface area (Å²) in [4.78, 5) is 1.66. The number of nitrogens with zero attached hydrogens (tertiary/aromatic N) is 1. The van der Waals surface area contributed by atoms with E-state index >= 15 is 0 Å². The van der Waals surface area contributed by atoms with Crippen molar-refractivity contribution in [2.24, 2.45) is 0 Å². The lowest BCUT2D eigenvalue weighted by molar-refractivity contribution is -0.880. The van der Waals surface area contributed by atoms with Crippen LogP contribution in [-0.4, -0.2) is 37.8 Å². The molecule has 1 aromatic carbocycles. The second-order valence-electron chi connectivity index (χ2n) is 6.56. The molecule has 0 saturated heterocycles. The van der Waals surface area contributed by atoms with Crippen LogP contribution in [0.25, 0.3) is 10.9 Å². The van der Waals surface area contributed by atoms with Gasteiger partial charge in [-0.05, 0) is 31.0 Å². The summed E-state index contributed by atoms with van der Waals surface area (Å²) in [5.41, 5.74) is 8.10. The lowest BCUT2D eigenvalue weighted by Gasteiger charge is -2.14. The second-order valence-corrected chi connectivity index (χ2v) is 6.56. The molecule has 0 aliphatic carbocycles. The summed E-state index contributed by atoms with van der Waals surface area (Å²) in [7, 11) is 2.31. The van der Waals surface area contributed by atoms with Crippen molar-refractivity contribution in [3.63, 3.8) is 0 Å². The molecule has 0 amide bonds. The number of fused-ring (bicyclic) bond motifs is 1. The van der Waals surface area contributed by atoms with Crippen molar-refractivity contribution in [2.75, 3.05) is 39.0 Å². The van der Waals surface area contributed by atoms with Crippen LogP contribution in [0.2, 0.25) is 0 Å². The van der Waals surface area contributed by atoms with E-state index in [2.05, 4.69) is 42.2 Å². The fraction of sp³-hybridized carbons (Fsp3) is 0.579. The van der Waals surface area contributed by atoms with Crippen LogP contribution in [0, 0.1) is 0 Å². The maximum atomic E-state index is 6.00. The third kappa shape index (κ3) is 5.56. The molecule has 4 nitrogen and oxygen atoms in total. The van der Waals surface area contributed by atoms with Crippen molar-refractivity contribution in [2.45, 2.75) is 39.2 Å². The molecule has 0 bridgehead atoms. The molecule has 0 aliphatic heterocycles. The third-order valence-corrected chi connectivity index (χ3v) is 4.54. The number of anilines is 1. The molecular formula is C19H33N4+. The number of benzene rings is 1. The van der Waals surface area contributed by atoms with Gasteiger partial charge >= 0.3 is 0 Å². The summed E-state index contributed by atoms with van der Waals surface area (Å²) in [5.74, 6) is 0. The quantitative estimate of drug-likeness (QED) is 0.438. The monoisotopic (exact) mass is 317 g/mol. The highest BCUT2D eigenvalue weighted by molar-refractivity contribution is 5.91. The maximum Gasteiger partial charge on any atom is 0.0781 e. The average Bonchev–Trinajstić information content (AvgIpc) is 2.96. The molecule has 4 N–H and O–H groups in total. The van der Waals surface area contributed by atoms with Gasteiger partial charge < -0.3 is 20.5 Å². The summed E-state index contributed by atoms with van der Waals surface area (Å²) < 4.78 is 2.28. The predicted octanol–water partition coefficient (Wildman–Crippen LogP) is 1.91. The fourth-order valence-electron chi connectivity index (χ4n) is 3.08. The van der Waals surface area contributed by atoms with Crippen molar-refractivity contribution in [1.29, 1.82) is 0 Å². The molecule has 0 spiro atoms. The minimum Gasteiger partial charge on any atom is -0.398 e. The summed E-state index contributed by atoms with van der Waals surface area (Å²) >= 11 is 0. The van der Waals surface area contributed by atoms with Crippen LogP contribution in [-0.2, 0) is 6.54 Å². The zero-order valence-electron chi connectivity index (χ0n) is 14.8. The Morgan fingerprint density at radius 2 is 1.91 bits per heavy atom. The number of nitrogen functional groups attached to an aromatic ring is 1. The van der Waals surface area contributed by atoms with Crippen LogP contribution >= 0.6 is 0 Å². The predicted molar refractivity (Wildman–Crippen MR) is 100.0 cm³/mol. The Morgan fingerprint density at radius 1 is 1.09 bits per heavy atom. The number of unbranched alkanes of at least 4 members (excludes halogenated alkanes) is 2. The molecule has 0 radical (unpaired) electrons. The number of nitrogens with one attached hydrogen (secondary N) is 2. The van der Waals surface area contributed by atoms with Gasteiger partial charge in [0, 0.05) is 43.3 Å². The first-order valence-corrected chi connectivity index (χ1v) is 9.07. The Morgan fingerprint density at radius 3 is 2.74 bits per heavy atom. The highest BCUT2D eigenvalue weighted by atomic mass is 15.1. The molecular weight excluding hydrogens is 284 g/mol. The van der Waals surface area contributed by atoms with Crippen LogP contribution in [0.4, 0.5) is 5.69 Å². The molecule has 0 aliphatic rings. The highest BCUT2D eigenvalue weighted by Crippen LogP contribution is 2.21. The number of hydrogen-bond acceptors (Lipinski definition) is 2. The van der Waals surface area contributed by atoms with E-state index in [1.807, 2.05) is 12.1 Å². The van der Waals surface area contributed by atoms with Gasteiger partial charge in [0.1, 0.15) is 0 Å². The number of hydrogen-bond donors (Lipinski definition) is 3. The number of quaternary nitrogens is 1. The molecule has 2 aromatic rings. The lowest BCUT2D eigenvalue weighted by Crippen LogP contribution is -3.09. The Hall–Kier alpha value is -1.52. The Labute approximate surface area is 140 Å². The van der Waals surface area contributed by atoms with E-state index in [0.29, 0.717) is 0 Å². The molecule has 128 valence electrons. The van der Waals surface area contributed by atoms with Gasteiger partial charge in [-0.2, -0.15) is 0 Å². The van der Waals surface area contributed by atoms with Gasteiger partial charge in [0.05, 0.1) is 25.7 Å². The van der Waals surface area contributed by atoms with Crippen molar-refractivity contribution in [3.05, 3.63) is 30.5 Å². The zero-order chi connectivity index (χ0) is 16.5. The first-order chi connectivity index (χ1) is 11.2. The summed E-state index contributed by atoms with van der Waals surface area (Å²) in [6.07, 6.45) is 7.42. The van der Waals surface area contributed by atoms with Crippen LogP contribution < -0.4 is 16.0 Å². The number of nitrogens with two attached hydrogens (primary N) is 1. The molecule has 1 unspecified atom stereocenters. The van der Waals surface area contributed by atoms with Gasteiger partial charge in [0.15, 0.2) is 0 Å². The number of aromatic nitrogens is 1. The van der Waals surface area contributed by atoms with Gasteiger partial charge in [-0.15, -0.1) is 0 Å². The SMILES string of the molecule is CCCCC[NH+](C)CCCNCCn1ccc2c(N)cccc21. The molecule has 2 rings (SSSR count). The highest BCUT2D eigenvalue weighted by Gasteiger charge is 2.03. The minimum absolute atomic E-state index is 0.864. The molecule has 1 heterocycles. The average molecular weight is 318 g/mol. The van der Waals surface area contributed by atoms with Crippen LogP contribution in [0.5, 0.6) is 0 Å². The standard InChI is InChI=1S/C19H32N4/c1-3-4-5-13-22(2)14-7-11-21-12-16-23-15-10-17-18(20)8-6-9-19(17)23/h6,8-10,15,21H,3-5,7,11-14,16,20H2,1-2H3/p+1. The Bertz CT molecular complexity index is 576. The van der Waals surface area contributed by atoms with Crippen molar-refractivity contribution in [1.82, 2.24) is 9.88 Å². The second kappa shape index (κ2) is 9.58. The first-order valence-electron chi connectivity index (χ1n) is 9.07. The Kier molecular flexibility index (Phi) is 7.43. The number of rotatable bonds is 11. The smallest absolute Gasteiger partial charge is 0.0781 e. The van der Waals surface area contributed by atoms with E-state index in [0.717, 1.165) is 30.7 Å². The maximum absolute atomic E-state index is 6.00. The Balaban J connectivity index is 1.61. The lowest BCUT2D eigenvalue weighted by atomic mass is 10.2. The molecule has 23 heavy (non-hydrogen) atoms. The van der Waals surface area contributed by atoms with Crippen molar-refractivity contribution < 1.29 is 4.90 Å². The van der Waals surface area contributed by atoms with Crippen LogP contribution in [0.1, 0.15) is 32.6 Å². The van der Waals surface area contributed by atoms with Crippen molar-refractivity contribution >= 4 is 16.6 Å². The fourth-order valence-corrected chi connectivity index (χ4v) is 3.08. The molecule has 4 heteroatoms. The zero-order valence-corrected chi connectivity index (χ0v) is 14.8. The van der Waals surface area contributed by atoms with Gasteiger partial charge in [-0.25, -0.2) is 0 Å². The summed E-state index contributed by atoms with van der Waals surface area (Å²) in [6, 6.07) is 8.24. The molecule has 1 aromatic heterocycles. The topological polar surface area (TPSA) is 47.4 Å². The van der Waals surface area contributed by atoms with Gasteiger partial charge in [-0.1, -0.05) is 19.4 Å². The van der Waals surface area contributed by atoms with E-state index in [9.17, 15) is 0 Å². The summed E-state index contributed by atoms with van der Waals surface area (Å²) in [6.45, 7) is 7.94. The van der Waals surface area contributed by atoms with Gasteiger partial charge in [-0.3, -0.25) is 0 Å². The van der Waals surface area contributed by atoms with E-state index in [4.69, 9.17) is 5.73 Å². The van der Waals surface area contributed by atoms with Gasteiger partial charge in [0.2, 0.25) is 0 Å². The van der Waals surface area contributed by atoms with Gasteiger partial charge in [0.25, 0.3) is 0 Å². The minimum atomic E-state index is 0.864. The van der Waals surface area contributed by atoms with E-state index in [1.165, 1.54) is 44.3 Å². The van der Waals surface area contributed by atoms with E-state index in [-0.39, 0.29) is 0 Å². The van der Waals surface area contributed by atoms with Crippen molar-refractivity contribution in [3.8, 4) is 0 Å². The normalized spacial score (nSPS) is 12.8. The largest absolute Gasteiger partial charge is 0.398 e. The molecule has 0 fully saturated rings. The third-order valence-electron chi connectivity index (χ3n) is 4.54. The van der Waals surface area contributed by atoms with E-state index < -0.39 is 0 Å². The summed E-state index contributed by atoms with van der Waals surface area (Å²) in [5, 5.41) is 4.72.